The fourth-order valence-electron chi connectivity index (χ4n) is 6.30. The predicted molar refractivity (Wildman–Crippen MR) is 184 cm³/mol. The first-order valence-corrected chi connectivity index (χ1v) is 17.8. The van der Waals surface area contributed by atoms with Gasteiger partial charge < -0.3 is 0 Å². The molecule has 4 unspecified atom stereocenters. The molecule has 1 aliphatic carbocycles. The molecule has 2 heterocycles. The van der Waals surface area contributed by atoms with Gasteiger partial charge in [-0.15, -0.1) is 0 Å². The number of hydrogen-bond acceptors (Lipinski definition) is 4. The average Bonchev–Trinajstić information content (AvgIpc) is 3.44. The minimum absolute atomic E-state index is 0.00964. The SMILES string of the molecule is Cc1ccccc1C1=CC(Br)C(C)(Br)C(C2=N[C@](C)(C[C@@]3(C)N=C(c4cc(-c5ccccc5C)ccc4C)O[CH]3[Ni])[CH]([Ni])O2)=C1. The molecule has 6 rings (SSSR count). The zero-order valence-electron chi connectivity index (χ0n) is 26.0. The number of ether oxygens (including phenoxy) is 2. The van der Waals surface area contributed by atoms with E-state index in [0.717, 1.165) is 27.8 Å². The fourth-order valence-corrected chi connectivity index (χ4v) is 7.80. The molecule has 2 aliphatic heterocycles. The molecule has 0 saturated carbocycles. The van der Waals surface area contributed by atoms with Crippen molar-refractivity contribution in [2.24, 2.45) is 9.98 Å². The summed E-state index contributed by atoms with van der Waals surface area (Å²) < 4.78 is 12.3. The van der Waals surface area contributed by atoms with Gasteiger partial charge in [0, 0.05) is 0 Å². The third kappa shape index (κ3) is 6.10. The Morgan fingerprint density at radius 3 is 1.89 bits per heavy atom. The predicted octanol–water partition coefficient (Wildman–Crippen LogP) is 9.08. The number of benzene rings is 3. The Balaban J connectivity index is 1.33. The van der Waals surface area contributed by atoms with Gasteiger partial charge >= 0.3 is 301 Å². The van der Waals surface area contributed by atoms with Crippen LogP contribution in [-0.2, 0) is 40.4 Å². The Morgan fingerprint density at radius 2 is 1.27 bits per heavy atom. The summed E-state index contributed by atoms with van der Waals surface area (Å²) >= 11 is 19.0. The number of halogens is 2. The van der Waals surface area contributed by atoms with Crippen molar-refractivity contribution in [2.45, 2.75) is 78.3 Å². The van der Waals surface area contributed by atoms with E-state index in [1.54, 1.807) is 0 Å². The normalized spacial score (nSPS) is 31.1. The first-order valence-electron chi connectivity index (χ1n) is 15.0. The van der Waals surface area contributed by atoms with E-state index in [9.17, 15) is 0 Å². The molecule has 6 atom stereocenters. The molecule has 3 aromatic carbocycles. The van der Waals surface area contributed by atoms with Gasteiger partial charge in [0.05, 0.1) is 0 Å². The van der Waals surface area contributed by atoms with Gasteiger partial charge in [-0.2, -0.15) is 0 Å². The van der Waals surface area contributed by atoms with Crippen LogP contribution in [0.25, 0.3) is 16.7 Å². The zero-order valence-corrected chi connectivity index (χ0v) is 31.2. The number of allylic oxidation sites excluding steroid dienone is 3. The summed E-state index contributed by atoms with van der Waals surface area (Å²) in [6.07, 6.45) is 4.91. The number of nitrogens with zero attached hydrogens (tertiary/aromatic N) is 2. The van der Waals surface area contributed by atoms with Crippen molar-refractivity contribution < 1.29 is 40.4 Å². The van der Waals surface area contributed by atoms with Gasteiger partial charge in [-0.25, -0.2) is 0 Å². The van der Waals surface area contributed by atoms with Gasteiger partial charge in [-0.1, -0.05) is 0 Å². The summed E-state index contributed by atoms with van der Waals surface area (Å²) in [6.45, 7) is 12.6. The third-order valence-corrected chi connectivity index (χ3v) is 13.2. The molecule has 8 heteroatoms. The molecule has 0 aromatic heterocycles. The van der Waals surface area contributed by atoms with Crippen molar-refractivity contribution in [1.82, 2.24) is 0 Å². The summed E-state index contributed by atoms with van der Waals surface area (Å²) in [5.74, 6) is 1.14. The topological polar surface area (TPSA) is 43.2 Å². The summed E-state index contributed by atoms with van der Waals surface area (Å²) in [7, 11) is 0. The minimum atomic E-state index is -0.718. The molecule has 0 fully saturated rings. The summed E-state index contributed by atoms with van der Waals surface area (Å²) in [6, 6.07) is 23.2. The van der Waals surface area contributed by atoms with Crippen molar-refractivity contribution in [1.29, 1.82) is 0 Å². The number of alkyl halides is 2. The quantitative estimate of drug-likeness (QED) is 0.184. The Kier molecular flexibility index (Phi) is 8.96. The molecule has 45 heavy (non-hydrogen) atoms. The Labute approximate surface area is 299 Å². The number of aryl methyl sites for hydroxylation is 3. The van der Waals surface area contributed by atoms with Crippen LogP contribution in [0.4, 0.5) is 0 Å². The molecular formula is C37H36Br2N2Ni2O2. The van der Waals surface area contributed by atoms with Crippen molar-refractivity contribution in [3.05, 3.63) is 112 Å². The molecule has 240 valence electrons. The van der Waals surface area contributed by atoms with Gasteiger partial charge in [-0.3, -0.25) is 0 Å². The second kappa shape index (κ2) is 12.2. The van der Waals surface area contributed by atoms with Crippen LogP contribution in [0.1, 0.15) is 55.0 Å². The fraction of sp³-hybridized carbons (Fsp3) is 0.351. The Hall–Kier alpha value is -1.97. The van der Waals surface area contributed by atoms with Crippen LogP contribution in [0, 0.1) is 20.8 Å². The van der Waals surface area contributed by atoms with Crippen LogP contribution in [0.15, 0.2) is 94.4 Å². The van der Waals surface area contributed by atoms with E-state index in [2.05, 4.69) is 152 Å². The number of rotatable bonds is 6. The molecule has 0 radical (unpaired) electrons. The van der Waals surface area contributed by atoms with E-state index in [1.807, 2.05) is 0 Å². The Morgan fingerprint density at radius 1 is 0.733 bits per heavy atom. The van der Waals surface area contributed by atoms with Gasteiger partial charge in [-0.05, 0) is 0 Å². The van der Waals surface area contributed by atoms with Crippen molar-refractivity contribution in [2.75, 3.05) is 0 Å². The maximum absolute atomic E-state index is 6.43. The summed E-state index contributed by atoms with van der Waals surface area (Å²) in [5.41, 5.74) is 8.61. The van der Waals surface area contributed by atoms with Crippen LogP contribution >= 0.6 is 31.9 Å². The first-order chi connectivity index (χ1) is 21.2. The number of aliphatic imine (C=N–C) groups is 2. The van der Waals surface area contributed by atoms with Crippen LogP contribution < -0.4 is 0 Å². The standard InChI is InChI=1S/C37H36Br2N2O2.2Ni/c1-23-11-7-9-13-28(23)26-16-15-25(3)30(17-26)33-40-35(4,21-42-33)20-36(5)22-43-34(41-36)31-18-27(19-32(38)37(31,6)39)29-14-10-8-12-24(29)2;;/h7-19,21-22,32H,20H2,1-6H3;;/t32?,35-,36-,37?;;/m1../s1. The van der Waals surface area contributed by atoms with Crippen LogP contribution in [-0.4, -0.2) is 42.2 Å². The zero-order chi connectivity index (χ0) is 32.3. The van der Waals surface area contributed by atoms with Gasteiger partial charge in [0.1, 0.15) is 0 Å². The monoisotopic (exact) mass is 814 g/mol. The summed E-state index contributed by atoms with van der Waals surface area (Å²) in [4.78, 5) is 10.4. The molecule has 4 nitrogen and oxygen atoms in total. The van der Waals surface area contributed by atoms with E-state index in [4.69, 9.17) is 50.4 Å². The number of hydrogen-bond donors (Lipinski definition) is 0. The van der Waals surface area contributed by atoms with Crippen molar-refractivity contribution >= 4 is 49.2 Å². The molecule has 0 amide bonds. The molecular weight excluding hydrogens is 782 g/mol. The molecule has 3 aliphatic rings. The van der Waals surface area contributed by atoms with Gasteiger partial charge in [0.2, 0.25) is 0 Å². The van der Waals surface area contributed by atoms with Crippen molar-refractivity contribution in [3.63, 3.8) is 0 Å². The second-order valence-corrected chi connectivity index (χ2v) is 16.5. The van der Waals surface area contributed by atoms with E-state index in [-0.39, 0.29) is 4.83 Å². The molecule has 0 spiro atoms. The van der Waals surface area contributed by atoms with Gasteiger partial charge in [0.15, 0.2) is 0 Å². The van der Waals surface area contributed by atoms with E-state index in [1.165, 1.54) is 22.3 Å². The Bertz CT molecular complexity index is 1800. The first kappa shape index (κ1) is 32.9. The average molecular weight is 818 g/mol. The second-order valence-electron chi connectivity index (χ2n) is 12.8. The van der Waals surface area contributed by atoms with Crippen LogP contribution in [0.5, 0.6) is 0 Å². The van der Waals surface area contributed by atoms with Crippen LogP contribution in [0.3, 0.4) is 0 Å². The van der Waals surface area contributed by atoms with Gasteiger partial charge in [0.25, 0.3) is 0 Å². The van der Waals surface area contributed by atoms with Crippen LogP contribution in [0.2, 0.25) is 0 Å². The molecule has 0 N–H and O–H groups in total. The third-order valence-electron chi connectivity index (χ3n) is 9.03. The maximum atomic E-state index is 6.43. The summed E-state index contributed by atoms with van der Waals surface area (Å²) in [5, 5.41) is -1.08. The molecule has 0 saturated heterocycles. The van der Waals surface area contributed by atoms with Crippen molar-refractivity contribution in [3.8, 4) is 11.1 Å². The molecule has 0 bridgehead atoms. The molecule has 3 aromatic rings. The van der Waals surface area contributed by atoms with E-state index >= 15 is 0 Å². The van der Waals surface area contributed by atoms with E-state index < -0.39 is 25.6 Å². The van der Waals surface area contributed by atoms with E-state index in [0.29, 0.717) is 18.2 Å².